The lowest BCUT2D eigenvalue weighted by Crippen LogP contribution is -2.37. The number of carbonyl (C=O) groups is 1. The third-order valence-corrected chi connectivity index (χ3v) is 3.66. The lowest BCUT2D eigenvalue weighted by Gasteiger charge is -2.35. The fraction of sp³-hybridized carbons (Fsp3) is 0.533. The van der Waals surface area contributed by atoms with Crippen LogP contribution >= 0.6 is 15.9 Å². The van der Waals surface area contributed by atoms with Gasteiger partial charge in [0.2, 0.25) is 0 Å². The Bertz CT molecular complexity index is 481. The van der Waals surface area contributed by atoms with E-state index in [1.807, 2.05) is 19.9 Å². The molecule has 2 N–H and O–H groups in total. The predicted octanol–water partition coefficient (Wildman–Crippen LogP) is 4.30. The van der Waals surface area contributed by atoms with E-state index in [-0.39, 0.29) is 5.41 Å². The predicted molar refractivity (Wildman–Crippen MR) is 81.3 cm³/mol. The van der Waals surface area contributed by atoms with Crippen LogP contribution in [0.25, 0.3) is 0 Å². The topological polar surface area (TPSA) is 52.3 Å². The van der Waals surface area contributed by atoms with Gasteiger partial charge in [-0.15, -0.1) is 0 Å². The minimum atomic E-state index is -0.728. The van der Waals surface area contributed by atoms with Gasteiger partial charge in [0.1, 0.15) is 5.60 Å². The number of halogens is 1. The van der Waals surface area contributed by atoms with Crippen molar-refractivity contribution < 1.29 is 9.53 Å². The van der Waals surface area contributed by atoms with Gasteiger partial charge in [-0.3, -0.25) is 0 Å². The summed E-state index contributed by atoms with van der Waals surface area (Å²) in [6, 6.07) is 6.24. The van der Waals surface area contributed by atoms with Gasteiger partial charge in [-0.2, -0.15) is 0 Å². The highest BCUT2D eigenvalue weighted by Gasteiger charge is 2.33. The number of amides is 1. The quantitative estimate of drug-likeness (QED) is 0.896. The Kier molecular flexibility index (Phi) is 4.67. The molecule has 0 aliphatic carbocycles. The standard InChI is InChI=1S/C15H22BrNO2/c1-10-8-11(16)6-7-12(10)14(2,3)9-15(4,5)19-13(17)18/h6-8H,9H2,1-5H3,(H2,17,18). The van der Waals surface area contributed by atoms with Crippen LogP contribution in [-0.4, -0.2) is 11.7 Å². The summed E-state index contributed by atoms with van der Waals surface area (Å²) in [5.41, 5.74) is 6.89. The number of nitrogens with two attached hydrogens (primary N) is 1. The maximum absolute atomic E-state index is 10.9. The SMILES string of the molecule is Cc1cc(Br)ccc1C(C)(C)CC(C)(C)OC(N)=O. The van der Waals surface area contributed by atoms with Crippen LogP contribution in [0.5, 0.6) is 0 Å². The molecule has 106 valence electrons. The molecule has 1 amide bonds. The molecule has 0 aliphatic heterocycles. The molecule has 0 unspecified atom stereocenters. The second kappa shape index (κ2) is 5.53. The summed E-state index contributed by atoms with van der Waals surface area (Å²) >= 11 is 3.47. The fourth-order valence-electron chi connectivity index (χ4n) is 2.85. The third-order valence-electron chi connectivity index (χ3n) is 3.16. The van der Waals surface area contributed by atoms with Gasteiger partial charge in [-0.1, -0.05) is 35.8 Å². The molecule has 0 fully saturated rings. The monoisotopic (exact) mass is 327 g/mol. The van der Waals surface area contributed by atoms with E-state index in [1.54, 1.807) is 0 Å². The number of carbonyl (C=O) groups excluding carboxylic acids is 1. The largest absolute Gasteiger partial charge is 0.444 e. The Labute approximate surface area is 123 Å². The molecule has 1 rings (SSSR count). The highest BCUT2D eigenvalue weighted by molar-refractivity contribution is 9.10. The van der Waals surface area contributed by atoms with Gasteiger partial charge >= 0.3 is 6.09 Å². The zero-order chi connectivity index (χ0) is 14.8. The summed E-state index contributed by atoms with van der Waals surface area (Å²) in [6.45, 7) is 10.1. The molecule has 0 aromatic heterocycles. The molecule has 3 nitrogen and oxygen atoms in total. The van der Waals surface area contributed by atoms with Gasteiger partial charge in [0, 0.05) is 4.47 Å². The Morgan fingerprint density at radius 3 is 2.37 bits per heavy atom. The van der Waals surface area contributed by atoms with Crippen LogP contribution in [-0.2, 0) is 10.2 Å². The van der Waals surface area contributed by atoms with Crippen molar-refractivity contribution in [2.24, 2.45) is 5.73 Å². The van der Waals surface area contributed by atoms with Crippen molar-refractivity contribution in [3.8, 4) is 0 Å². The van der Waals surface area contributed by atoms with Crippen LogP contribution in [0.1, 0.15) is 45.2 Å². The lowest BCUT2D eigenvalue weighted by atomic mass is 9.75. The Morgan fingerprint density at radius 1 is 1.32 bits per heavy atom. The van der Waals surface area contributed by atoms with E-state index in [4.69, 9.17) is 10.5 Å². The van der Waals surface area contributed by atoms with Gasteiger partial charge in [0.25, 0.3) is 0 Å². The molecule has 0 bridgehead atoms. The second-order valence-corrected chi connectivity index (χ2v) is 7.12. The summed E-state index contributed by atoms with van der Waals surface area (Å²) < 4.78 is 6.26. The average Bonchev–Trinajstić information content (AvgIpc) is 2.11. The van der Waals surface area contributed by atoms with Crippen molar-refractivity contribution in [2.75, 3.05) is 0 Å². The molecule has 1 aromatic carbocycles. The summed E-state index contributed by atoms with van der Waals surface area (Å²) in [5.74, 6) is 0. The van der Waals surface area contributed by atoms with Crippen LogP contribution < -0.4 is 5.73 Å². The maximum atomic E-state index is 10.9. The van der Waals surface area contributed by atoms with Crippen molar-refractivity contribution in [3.63, 3.8) is 0 Å². The molecular weight excluding hydrogens is 306 g/mol. The van der Waals surface area contributed by atoms with E-state index in [1.165, 1.54) is 11.1 Å². The first kappa shape index (κ1) is 16.0. The van der Waals surface area contributed by atoms with Crippen molar-refractivity contribution in [2.45, 2.75) is 52.1 Å². The van der Waals surface area contributed by atoms with E-state index in [9.17, 15) is 4.79 Å². The number of hydrogen-bond donors (Lipinski definition) is 1. The zero-order valence-corrected chi connectivity index (χ0v) is 13.8. The van der Waals surface area contributed by atoms with Gasteiger partial charge in [0.15, 0.2) is 0 Å². The molecule has 0 spiro atoms. The normalized spacial score (nSPS) is 12.3. The highest BCUT2D eigenvalue weighted by Crippen LogP contribution is 2.36. The van der Waals surface area contributed by atoms with Crippen molar-refractivity contribution >= 4 is 22.0 Å². The van der Waals surface area contributed by atoms with Gasteiger partial charge in [0.05, 0.1) is 0 Å². The summed E-state index contributed by atoms with van der Waals surface area (Å²) in [7, 11) is 0. The molecule has 0 heterocycles. The second-order valence-electron chi connectivity index (χ2n) is 6.20. The Hall–Kier alpha value is -1.03. The van der Waals surface area contributed by atoms with E-state index in [0.29, 0.717) is 6.42 Å². The molecule has 0 aliphatic rings. The Balaban J connectivity index is 3.00. The smallest absolute Gasteiger partial charge is 0.405 e. The van der Waals surface area contributed by atoms with Crippen LogP contribution in [0.4, 0.5) is 4.79 Å². The molecular formula is C15H22BrNO2. The molecule has 0 saturated carbocycles. The van der Waals surface area contributed by atoms with Gasteiger partial charge in [-0.25, -0.2) is 4.79 Å². The first-order valence-electron chi connectivity index (χ1n) is 6.29. The summed E-state index contributed by atoms with van der Waals surface area (Å²) in [6.07, 6.45) is -0.0286. The fourth-order valence-corrected chi connectivity index (χ4v) is 3.33. The van der Waals surface area contributed by atoms with Crippen molar-refractivity contribution in [1.29, 1.82) is 0 Å². The molecule has 0 atom stereocenters. The van der Waals surface area contributed by atoms with E-state index in [2.05, 4.69) is 48.8 Å². The number of aryl methyl sites for hydroxylation is 1. The van der Waals surface area contributed by atoms with Crippen molar-refractivity contribution in [3.05, 3.63) is 33.8 Å². The number of rotatable bonds is 4. The average molecular weight is 328 g/mol. The molecule has 1 aromatic rings. The molecule has 0 radical (unpaired) electrons. The van der Waals surface area contributed by atoms with E-state index < -0.39 is 11.7 Å². The van der Waals surface area contributed by atoms with Crippen LogP contribution in [0.15, 0.2) is 22.7 Å². The molecule has 4 heteroatoms. The lowest BCUT2D eigenvalue weighted by molar-refractivity contribution is 0.0247. The maximum Gasteiger partial charge on any atom is 0.405 e. The highest BCUT2D eigenvalue weighted by atomic mass is 79.9. The first-order chi connectivity index (χ1) is 8.53. The Morgan fingerprint density at radius 2 is 1.89 bits per heavy atom. The van der Waals surface area contributed by atoms with E-state index in [0.717, 1.165) is 4.47 Å². The summed E-state index contributed by atoms with van der Waals surface area (Å²) in [5, 5.41) is 0. The number of primary amides is 1. The van der Waals surface area contributed by atoms with Gasteiger partial charge < -0.3 is 10.5 Å². The number of benzene rings is 1. The zero-order valence-electron chi connectivity index (χ0n) is 12.2. The van der Waals surface area contributed by atoms with Crippen LogP contribution in [0.3, 0.4) is 0 Å². The molecule has 0 saturated heterocycles. The number of hydrogen-bond acceptors (Lipinski definition) is 2. The number of ether oxygens (including phenoxy) is 1. The van der Waals surface area contributed by atoms with E-state index >= 15 is 0 Å². The van der Waals surface area contributed by atoms with Crippen molar-refractivity contribution in [1.82, 2.24) is 0 Å². The molecule has 19 heavy (non-hydrogen) atoms. The van der Waals surface area contributed by atoms with Gasteiger partial charge in [-0.05, 0) is 55.9 Å². The minimum absolute atomic E-state index is 0.107. The minimum Gasteiger partial charge on any atom is -0.444 e. The van der Waals surface area contributed by atoms with Crippen LogP contribution in [0.2, 0.25) is 0 Å². The first-order valence-corrected chi connectivity index (χ1v) is 7.08. The third kappa shape index (κ3) is 4.53. The van der Waals surface area contributed by atoms with Crippen LogP contribution in [0, 0.1) is 6.92 Å². The summed E-state index contributed by atoms with van der Waals surface area (Å²) in [4.78, 5) is 10.9.